The number of aromatic nitrogens is 1. The number of nitrogens with zero attached hydrogens (tertiary/aromatic N) is 2. The SMILES string of the molecule is O=C(Nc1cccnc1Cl)C1CCCN1C(=O)C(F)(F)F. The Bertz CT molecular complexity index is 565. The average Bonchev–Trinajstić information content (AvgIpc) is 2.88. The summed E-state index contributed by atoms with van der Waals surface area (Å²) in [5.41, 5.74) is 0.190. The Labute approximate surface area is 123 Å². The lowest BCUT2D eigenvalue weighted by atomic mass is 10.2. The van der Waals surface area contributed by atoms with Crippen molar-refractivity contribution in [3.8, 4) is 0 Å². The van der Waals surface area contributed by atoms with Crippen LogP contribution in [0.1, 0.15) is 12.8 Å². The minimum absolute atomic E-state index is 0.0255. The summed E-state index contributed by atoms with van der Waals surface area (Å²) >= 11 is 5.76. The fourth-order valence-corrected chi connectivity index (χ4v) is 2.31. The molecule has 114 valence electrons. The number of nitrogens with one attached hydrogen (secondary N) is 1. The van der Waals surface area contributed by atoms with Crippen LogP contribution < -0.4 is 5.32 Å². The quantitative estimate of drug-likeness (QED) is 0.850. The van der Waals surface area contributed by atoms with Gasteiger partial charge in [0, 0.05) is 12.7 Å². The molecular formula is C12H11ClF3N3O2. The fourth-order valence-electron chi connectivity index (χ4n) is 2.14. The van der Waals surface area contributed by atoms with Crippen LogP contribution in [0.15, 0.2) is 18.3 Å². The summed E-state index contributed by atoms with van der Waals surface area (Å²) < 4.78 is 37.4. The number of anilines is 1. The van der Waals surface area contributed by atoms with Crippen molar-refractivity contribution in [3.05, 3.63) is 23.5 Å². The van der Waals surface area contributed by atoms with Gasteiger partial charge in [-0.2, -0.15) is 13.2 Å². The van der Waals surface area contributed by atoms with Crippen molar-refractivity contribution in [1.29, 1.82) is 0 Å². The van der Waals surface area contributed by atoms with Crippen molar-refractivity contribution < 1.29 is 22.8 Å². The first-order valence-corrected chi connectivity index (χ1v) is 6.47. The molecule has 2 amide bonds. The summed E-state index contributed by atoms with van der Waals surface area (Å²) in [6.07, 6.45) is -3.08. The van der Waals surface area contributed by atoms with E-state index in [0.29, 0.717) is 11.3 Å². The summed E-state index contributed by atoms with van der Waals surface area (Å²) in [5, 5.41) is 2.42. The molecule has 1 fully saturated rings. The van der Waals surface area contributed by atoms with E-state index in [4.69, 9.17) is 11.6 Å². The lowest BCUT2D eigenvalue weighted by Gasteiger charge is -2.24. The first-order valence-electron chi connectivity index (χ1n) is 6.10. The van der Waals surface area contributed by atoms with Gasteiger partial charge in [0.25, 0.3) is 0 Å². The molecule has 1 aliphatic rings. The maximum absolute atomic E-state index is 12.5. The van der Waals surface area contributed by atoms with Crippen LogP contribution in [0.4, 0.5) is 18.9 Å². The van der Waals surface area contributed by atoms with Crippen LogP contribution >= 0.6 is 11.6 Å². The van der Waals surface area contributed by atoms with Crippen LogP contribution in [0.5, 0.6) is 0 Å². The fraction of sp³-hybridized carbons (Fsp3) is 0.417. The van der Waals surface area contributed by atoms with Gasteiger partial charge in [-0.05, 0) is 25.0 Å². The first kappa shape index (κ1) is 15.6. The standard InChI is InChI=1S/C12H11ClF3N3O2/c13-9-7(3-1-5-17-9)18-10(20)8-4-2-6-19(8)11(21)12(14,15)16/h1,3,5,8H,2,4,6H2,(H,18,20). The number of hydrogen-bond acceptors (Lipinski definition) is 3. The third-order valence-electron chi connectivity index (χ3n) is 3.08. The number of amides is 2. The monoisotopic (exact) mass is 321 g/mol. The molecule has 1 saturated heterocycles. The van der Waals surface area contributed by atoms with Gasteiger partial charge >= 0.3 is 12.1 Å². The summed E-state index contributed by atoms with van der Waals surface area (Å²) in [5.74, 6) is -2.71. The van der Waals surface area contributed by atoms with Gasteiger partial charge in [0.1, 0.15) is 6.04 Å². The molecule has 2 rings (SSSR count). The van der Waals surface area contributed by atoms with Gasteiger partial charge in [-0.15, -0.1) is 0 Å². The predicted octanol–water partition coefficient (Wildman–Crippen LogP) is 2.23. The first-order chi connectivity index (χ1) is 9.80. The molecule has 1 aromatic heterocycles. The largest absolute Gasteiger partial charge is 0.471 e. The second-order valence-corrected chi connectivity index (χ2v) is 4.84. The van der Waals surface area contributed by atoms with E-state index in [1.807, 2.05) is 0 Å². The maximum atomic E-state index is 12.5. The third kappa shape index (κ3) is 3.44. The predicted molar refractivity (Wildman–Crippen MR) is 68.7 cm³/mol. The van der Waals surface area contributed by atoms with Crippen LogP contribution in [-0.2, 0) is 9.59 Å². The maximum Gasteiger partial charge on any atom is 0.471 e. The Hall–Kier alpha value is -1.83. The number of carbonyl (C=O) groups is 2. The smallest absolute Gasteiger partial charge is 0.323 e. The van der Waals surface area contributed by atoms with Crippen molar-refractivity contribution in [2.45, 2.75) is 25.1 Å². The molecule has 9 heteroatoms. The van der Waals surface area contributed by atoms with Crippen LogP contribution in [0, 0.1) is 0 Å². The third-order valence-corrected chi connectivity index (χ3v) is 3.38. The molecule has 0 saturated carbocycles. The zero-order valence-electron chi connectivity index (χ0n) is 10.7. The van der Waals surface area contributed by atoms with Gasteiger partial charge in [0.2, 0.25) is 5.91 Å². The van der Waals surface area contributed by atoms with Crippen LogP contribution in [0.3, 0.4) is 0 Å². The summed E-state index contributed by atoms with van der Waals surface area (Å²) in [4.78, 5) is 27.6. The molecule has 0 radical (unpaired) electrons. The Morgan fingerprint density at radius 1 is 1.43 bits per heavy atom. The molecule has 0 spiro atoms. The molecule has 1 aromatic rings. The number of rotatable bonds is 2. The number of likely N-dealkylation sites (tertiary alicyclic amines) is 1. The average molecular weight is 322 g/mol. The summed E-state index contributed by atoms with van der Waals surface area (Å²) in [6.45, 7) is -0.1000. The van der Waals surface area contributed by atoms with Gasteiger partial charge in [-0.1, -0.05) is 11.6 Å². The number of halogens is 4. The second-order valence-electron chi connectivity index (χ2n) is 4.49. The van der Waals surface area contributed by atoms with Crippen molar-refractivity contribution in [2.24, 2.45) is 0 Å². The van der Waals surface area contributed by atoms with E-state index in [0.717, 1.165) is 0 Å². The van der Waals surface area contributed by atoms with E-state index in [-0.39, 0.29) is 23.8 Å². The zero-order chi connectivity index (χ0) is 15.6. The highest BCUT2D eigenvalue weighted by atomic mass is 35.5. The number of alkyl halides is 3. The molecule has 0 aliphatic carbocycles. The molecule has 0 bridgehead atoms. The Kier molecular flexibility index (Phi) is 4.36. The van der Waals surface area contributed by atoms with Gasteiger partial charge in [0.15, 0.2) is 5.15 Å². The highest BCUT2D eigenvalue weighted by molar-refractivity contribution is 6.32. The van der Waals surface area contributed by atoms with E-state index in [9.17, 15) is 22.8 Å². The van der Waals surface area contributed by atoms with Gasteiger partial charge in [-0.3, -0.25) is 9.59 Å². The number of hydrogen-bond donors (Lipinski definition) is 1. The minimum atomic E-state index is -4.99. The van der Waals surface area contributed by atoms with Crippen LogP contribution in [0.2, 0.25) is 5.15 Å². The van der Waals surface area contributed by atoms with Crippen LogP contribution in [-0.4, -0.2) is 40.5 Å². The Morgan fingerprint density at radius 2 is 2.14 bits per heavy atom. The molecule has 21 heavy (non-hydrogen) atoms. The highest BCUT2D eigenvalue weighted by Crippen LogP contribution is 2.27. The molecule has 1 N–H and O–H groups in total. The topological polar surface area (TPSA) is 62.3 Å². The molecule has 1 atom stereocenters. The van der Waals surface area contributed by atoms with Crippen molar-refractivity contribution in [2.75, 3.05) is 11.9 Å². The molecule has 0 aromatic carbocycles. The Balaban J connectivity index is 2.12. The van der Waals surface area contributed by atoms with Crippen molar-refractivity contribution in [3.63, 3.8) is 0 Å². The van der Waals surface area contributed by atoms with Gasteiger partial charge < -0.3 is 10.2 Å². The van der Waals surface area contributed by atoms with Gasteiger partial charge in [0.05, 0.1) is 5.69 Å². The molecule has 5 nitrogen and oxygen atoms in total. The zero-order valence-corrected chi connectivity index (χ0v) is 11.4. The molecule has 1 aliphatic heterocycles. The number of carbonyl (C=O) groups excluding carboxylic acids is 2. The number of pyridine rings is 1. The Morgan fingerprint density at radius 3 is 2.76 bits per heavy atom. The van der Waals surface area contributed by atoms with E-state index in [2.05, 4.69) is 10.3 Å². The molecular weight excluding hydrogens is 311 g/mol. The van der Waals surface area contributed by atoms with E-state index in [1.54, 1.807) is 0 Å². The normalized spacial score (nSPS) is 18.7. The lowest BCUT2D eigenvalue weighted by Crippen LogP contribution is -2.48. The molecule has 2 heterocycles. The van der Waals surface area contributed by atoms with Gasteiger partial charge in [-0.25, -0.2) is 4.98 Å². The van der Waals surface area contributed by atoms with E-state index < -0.39 is 24.0 Å². The molecule has 1 unspecified atom stereocenters. The second kappa shape index (κ2) is 5.88. The summed E-state index contributed by atoms with van der Waals surface area (Å²) in [7, 11) is 0. The van der Waals surface area contributed by atoms with Crippen LogP contribution in [0.25, 0.3) is 0 Å². The lowest BCUT2D eigenvalue weighted by molar-refractivity contribution is -0.186. The summed E-state index contributed by atoms with van der Waals surface area (Å²) in [6, 6.07) is 1.84. The van der Waals surface area contributed by atoms with Crippen molar-refractivity contribution >= 4 is 29.1 Å². The van der Waals surface area contributed by atoms with E-state index in [1.165, 1.54) is 18.3 Å². The van der Waals surface area contributed by atoms with E-state index >= 15 is 0 Å². The highest BCUT2D eigenvalue weighted by Gasteiger charge is 2.47. The van der Waals surface area contributed by atoms with Crippen molar-refractivity contribution in [1.82, 2.24) is 9.88 Å². The minimum Gasteiger partial charge on any atom is -0.323 e.